The third-order valence-electron chi connectivity index (χ3n) is 10.4. The third-order valence-corrected chi connectivity index (χ3v) is 10.4. The number of hydrogen-bond donors (Lipinski definition) is 1. The zero-order valence-corrected chi connectivity index (χ0v) is 28.9. The molecule has 0 bridgehead atoms. The first kappa shape index (κ1) is 30.7. The molecule has 1 aromatic heterocycles. The van der Waals surface area contributed by atoms with Crippen LogP contribution in [-0.2, 0) is 0 Å². The van der Waals surface area contributed by atoms with Crippen molar-refractivity contribution in [1.29, 1.82) is 0 Å². The van der Waals surface area contributed by atoms with E-state index in [4.69, 9.17) is 15.7 Å². The van der Waals surface area contributed by atoms with Gasteiger partial charge in [-0.3, -0.25) is 0 Å². The van der Waals surface area contributed by atoms with Gasteiger partial charge in [0.2, 0.25) is 0 Å². The maximum atomic E-state index is 6.20. The normalized spacial score (nSPS) is 11.5. The molecule has 248 valence electrons. The van der Waals surface area contributed by atoms with Gasteiger partial charge in [-0.15, -0.1) is 0 Å². The molecule has 0 atom stereocenters. The Labute approximate surface area is 308 Å². The Kier molecular flexibility index (Phi) is 7.29. The van der Waals surface area contributed by atoms with Crippen LogP contribution in [0.2, 0.25) is 0 Å². The molecule has 0 spiro atoms. The van der Waals surface area contributed by atoms with Crippen LogP contribution in [0, 0.1) is 0 Å². The summed E-state index contributed by atoms with van der Waals surface area (Å²) in [5.74, 6) is 0.666. The van der Waals surface area contributed by atoms with Crippen molar-refractivity contribution in [2.45, 2.75) is 0 Å². The molecule has 53 heavy (non-hydrogen) atoms. The second-order valence-corrected chi connectivity index (χ2v) is 13.6. The lowest BCUT2D eigenvalue weighted by molar-refractivity contribution is 1.18. The Hall–Kier alpha value is -7.10. The fourth-order valence-corrected chi connectivity index (χ4v) is 7.95. The summed E-state index contributed by atoms with van der Waals surface area (Å²) in [6.45, 7) is 0. The molecule has 0 aliphatic heterocycles. The fraction of sp³-hybridized carbons (Fsp3) is 0. The summed E-state index contributed by atoms with van der Waals surface area (Å²) in [6, 6.07) is 66.4. The van der Waals surface area contributed by atoms with Crippen LogP contribution in [0.4, 0.5) is 5.69 Å². The van der Waals surface area contributed by atoms with Crippen molar-refractivity contribution in [3.63, 3.8) is 0 Å². The summed E-state index contributed by atoms with van der Waals surface area (Å²) < 4.78 is 0. The Balaban J connectivity index is 1.19. The molecule has 1 heterocycles. The van der Waals surface area contributed by atoms with E-state index in [1.165, 1.54) is 60.8 Å². The minimum absolute atomic E-state index is 0.666. The maximum absolute atomic E-state index is 6.20. The molecule has 0 fully saturated rings. The second-order valence-electron chi connectivity index (χ2n) is 13.6. The van der Waals surface area contributed by atoms with E-state index in [9.17, 15) is 0 Å². The smallest absolute Gasteiger partial charge is 0.160 e. The first-order chi connectivity index (χ1) is 26.2. The molecule has 3 nitrogen and oxygen atoms in total. The van der Waals surface area contributed by atoms with E-state index in [1.807, 2.05) is 48.5 Å². The monoisotopic (exact) mass is 675 g/mol. The number of anilines is 1. The van der Waals surface area contributed by atoms with Gasteiger partial charge in [0, 0.05) is 22.4 Å². The topological polar surface area (TPSA) is 51.8 Å². The molecule has 0 unspecified atom stereocenters. The largest absolute Gasteiger partial charge is 0.399 e. The molecule has 1 aliphatic carbocycles. The van der Waals surface area contributed by atoms with Crippen LogP contribution in [0.15, 0.2) is 188 Å². The minimum atomic E-state index is 0.666. The van der Waals surface area contributed by atoms with Crippen LogP contribution in [0.5, 0.6) is 0 Å². The molecule has 0 saturated carbocycles. The molecule has 0 amide bonds. The van der Waals surface area contributed by atoms with E-state index >= 15 is 0 Å². The summed E-state index contributed by atoms with van der Waals surface area (Å²) >= 11 is 0. The predicted octanol–water partition coefficient (Wildman–Crippen LogP) is 12.9. The lowest BCUT2D eigenvalue weighted by Crippen LogP contribution is -1.97. The van der Waals surface area contributed by atoms with Crippen LogP contribution in [-0.4, -0.2) is 9.97 Å². The quantitative estimate of drug-likeness (QED) is 0.179. The number of aromatic nitrogens is 2. The first-order valence-electron chi connectivity index (χ1n) is 18.0. The van der Waals surface area contributed by atoms with Gasteiger partial charge in [-0.05, 0) is 90.7 Å². The van der Waals surface area contributed by atoms with Crippen molar-refractivity contribution >= 4 is 16.5 Å². The zero-order chi connectivity index (χ0) is 35.3. The highest BCUT2D eigenvalue weighted by atomic mass is 14.9. The second kappa shape index (κ2) is 12.6. The van der Waals surface area contributed by atoms with E-state index in [-0.39, 0.29) is 0 Å². The van der Waals surface area contributed by atoms with E-state index < -0.39 is 0 Å². The molecule has 3 heteroatoms. The maximum Gasteiger partial charge on any atom is 0.160 e. The van der Waals surface area contributed by atoms with Crippen molar-refractivity contribution in [3.05, 3.63) is 188 Å². The van der Waals surface area contributed by atoms with Crippen molar-refractivity contribution < 1.29 is 0 Å². The average molecular weight is 676 g/mol. The van der Waals surface area contributed by atoms with Gasteiger partial charge in [0.15, 0.2) is 5.82 Å². The van der Waals surface area contributed by atoms with Crippen LogP contribution in [0.25, 0.3) is 100 Å². The summed E-state index contributed by atoms with van der Waals surface area (Å²) in [5.41, 5.74) is 23.9. The van der Waals surface area contributed by atoms with Gasteiger partial charge >= 0.3 is 0 Å². The summed E-state index contributed by atoms with van der Waals surface area (Å²) in [6.07, 6.45) is 0. The van der Waals surface area contributed by atoms with Crippen molar-refractivity contribution in [2.75, 3.05) is 5.73 Å². The Morgan fingerprint density at radius 3 is 1.49 bits per heavy atom. The molecule has 1 aliphatic rings. The van der Waals surface area contributed by atoms with Crippen LogP contribution >= 0.6 is 0 Å². The summed E-state index contributed by atoms with van der Waals surface area (Å²) in [5, 5.41) is 2.58. The SMILES string of the molecule is Nc1cccc(-c2cc(-c3ccccc3)nc(-c3ccc(-c4cc(-c5ccccc5)c5c(c4-c4ccccc4)-c4cccc6cccc-5c46)cc3)n2)c1. The van der Waals surface area contributed by atoms with Gasteiger partial charge in [-0.1, -0.05) is 164 Å². The number of nitrogen functional groups attached to an aromatic ring is 1. The minimum Gasteiger partial charge on any atom is -0.399 e. The van der Waals surface area contributed by atoms with Crippen LogP contribution < -0.4 is 5.73 Å². The number of rotatable bonds is 6. The van der Waals surface area contributed by atoms with E-state index in [1.54, 1.807) is 0 Å². The lowest BCUT2D eigenvalue weighted by atomic mass is 9.82. The van der Waals surface area contributed by atoms with E-state index in [0.717, 1.165) is 33.6 Å². The highest BCUT2D eigenvalue weighted by Gasteiger charge is 2.30. The summed E-state index contributed by atoms with van der Waals surface area (Å²) in [4.78, 5) is 10.2. The first-order valence-corrected chi connectivity index (χ1v) is 18.0. The van der Waals surface area contributed by atoms with Gasteiger partial charge in [-0.2, -0.15) is 0 Å². The zero-order valence-electron chi connectivity index (χ0n) is 28.9. The summed E-state index contributed by atoms with van der Waals surface area (Å²) in [7, 11) is 0. The number of benzene rings is 8. The third kappa shape index (κ3) is 5.30. The highest BCUT2D eigenvalue weighted by molar-refractivity contribution is 6.22. The Morgan fingerprint density at radius 2 is 0.830 bits per heavy atom. The van der Waals surface area contributed by atoms with E-state index in [2.05, 4.69) is 140 Å². The molecule has 8 aromatic carbocycles. The molecule has 9 aromatic rings. The van der Waals surface area contributed by atoms with Crippen LogP contribution in [0.1, 0.15) is 0 Å². The van der Waals surface area contributed by atoms with Crippen molar-refractivity contribution in [2.24, 2.45) is 0 Å². The fourth-order valence-electron chi connectivity index (χ4n) is 7.95. The predicted molar refractivity (Wildman–Crippen MR) is 221 cm³/mol. The molecule has 2 N–H and O–H groups in total. The molecule has 0 saturated heterocycles. The standard InChI is InChI=1S/C50H33N3/c51-39-22-10-21-38(29-39)45-31-44(34-15-6-2-7-16-34)52-50(53-45)37-27-25-33(26-28-37)42-30-43(32-13-4-1-5-14-32)48-40-23-11-19-35-20-12-24-41(46(35)40)49(48)47(42)36-17-8-3-9-18-36/h1-31H,51H2. The number of nitrogens with zero attached hydrogens (tertiary/aromatic N) is 2. The van der Waals surface area contributed by atoms with Gasteiger partial charge in [-0.25, -0.2) is 9.97 Å². The van der Waals surface area contributed by atoms with Gasteiger partial charge in [0.1, 0.15) is 0 Å². The van der Waals surface area contributed by atoms with Crippen molar-refractivity contribution in [3.8, 4) is 89.5 Å². The average Bonchev–Trinajstić information content (AvgIpc) is 3.57. The molecular formula is C50H33N3. The Morgan fingerprint density at radius 1 is 0.321 bits per heavy atom. The number of fused-ring (bicyclic) bond motifs is 3. The highest BCUT2D eigenvalue weighted by Crippen LogP contribution is 2.57. The van der Waals surface area contributed by atoms with E-state index in [0.29, 0.717) is 11.5 Å². The Bertz CT molecular complexity index is 2800. The van der Waals surface area contributed by atoms with Gasteiger partial charge in [0.05, 0.1) is 11.4 Å². The molecular weight excluding hydrogens is 643 g/mol. The van der Waals surface area contributed by atoms with Gasteiger partial charge in [0.25, 0.3) is 0 Å². The number of hydrogen-bond acceptors (Lipinski definition) is 3. The van der Waals surface area contributed by atoms with Crippen LogP contribution in [0.3, 0.4) is 0 Å². The van der Waals surface area contributed by atoms with Crippen molar-refractivity contribution in [1.82, 2.24) is 9.97 Å². The van der Waals surface area contributed by atoms with Gasteiger partial charge < -0.3 is 5.73 Å². The molecule has 10 rings (SSSR count). The lowest BCUT2D eigenvalue weighted by Gasteiger charge is -2.21. The molecule has 0 radical (unpaired) electrons. The number of nitrogens with two attached hydrogens (primary N) is 1.